The number of thiazole rings is 2. The van der Waals surface area contributed by atoms with Crippen molar-refractivity contribution in [1.29, 1.82) is 0 Å². The van der Waals surface area contributed by atoms with Gasteiger partial charge in [-0.15, -0.1) is 11.3 Å². The fourth-order valence-corrected chi connectivity index (χ4v) is 4.19. The van der Waals surface area contributed by atoms with Gasteiger partial charge >= 0.3 is 5.97 Å². The number of nitrogens with one attached hydrogen (secondary N) is 1. The van der Waals surface area contributed by atoms with Crippen LogP contribution < -0.4 is 5.32 Å². The quantitative estimate of drug-likeness (QED) is 0.629. The second kappa shape index (κ2) is 8.41. The molecule has 0 bridgehead atoms. The summed E-state index contributed by atoms with van der Waals surface area (Å²) in [6, 6.07) is 8.28. The topological polar surface area (TPSA) is 81.2 Å². The third-order valence-electron chi connectivity index (χ3n) is 3.92. The minimum absolute atomic E-state index is 0.149. The maximum atomic E-state index is 12.3. The number of aromatic nitrogens is 2. The summed E-state index contributed by atoms with van der Waals surface area (Å²) in [6.07, 6.45) is 1.15. The molecule has 0 saturated carbocycles. The van der Waals surface area contributed by atoms with Crippen LogP contribution >= 0.6 is 22.7 Å². The average Bonchev–Trinajstić information content (AvgIpc) is 3.27. The van der Waals surface area contributed by atoms with E-state index in [2.05, 4.69) is 34.3 Å². The number of esters is 1. The fraction of sp³-hybridized carbons (Fsp3) is 0.263. The van der Waals surface area contributed by atoms with Crippen LogP contribution in [-0.2, 0) is 22.4 Å². The van der Waals surface area contributed by atoms with Gasteiger partial charge in [-0.3, -0.25) is 4.79 Å². The minimum atomic E-state index is -0.455. The monoisotopic (exact) mass is 401 g/mol. The summed E-state index contributed by atoms with van der Waals surface area (Å²) in [5.74, 6) is -0.679. The number of ether oxygens (including phenoxy) is 1. The summed E-state index contributed by atoms with van der Waals surface area (Å²) in [5.41, 5.74) is 3.56. The summed E-state index contributed by atoms with van der Waals surface area (Å²) in [7, 11) is 1.31. The Morgan fingerprint density at radius 1 is 1.19 bits per heavy atom. The van der Waals surface area contributed by atoms with E-state index in [4.69, 9.17) is 4.74 Å². The van der Waals surface area contributed by atoms with Crippen LogP contribution in [0.5, 0.6) is 0 Å². The van der Waals surface area contributed by atoms with Gasteiger partial charge in [0.1, 0.15) is 9.88 Å². The summed E-state index contributed by atoms with van der Waals surface area (Å²) in [6.45, 7) is 3.82. The van der Waals surface area contributed by atoms with Gasteiger partial charge in [0.2, 0.25) is 5.91 Å². The van der Waals surface area contributed by atoms with Crippen molar-refractivity contribution in [2.24, 2.45) is 0 Å². The highest BCUT2D eigenvalue weighted by molar-refractivity contribution is 7.17. The van der Waals surface area contributed by atoms with Crippen molar-refractivity contribution in [3.05, 3.63) is 51.5 Å². The lowest BCUT2D eigenvalue weighted by Gasteiger charge is -2.00. The predicted molar refractivity (Wildman–Crippen MR) is 107 cm³/mol. The van der Waals surface area contributed by atoms with Crippen molar-refractivity contribution >= 4 is 39.7 Å². The van der Waals surface area contributed by atoms with Gasteiger partial charge < -0.3 is 10.1 Å². The molecule has 6 nitrogen and oxygen atoms in total. The van der Waals surface area contributed by atoms with Crippen molar-refractivity contribution in [3.63, 3.8) is 0 Å². The first-order chi connectivity index (χ1) is 13.0. The smallest absolute Gasteiger partial charge is 0.350 e. The maximum absolute atomic E-state index is 12.3. The number of aryl methyl sites for hydroxylation is 2. The summed E-state index contributed by atoms with van der Waals surface area (Å²) in [4.78, 5) is 33.0. The number of methoxy groups -OCH3 is 1. The predicted octanol–water partition coefficient (Wildman–Crippen LogP) is 4.11. The molecule has 140 valence electrons. The van der Waals surface area contributed by atoms with E-state index in [9.17, 15) is 9.59 Å². The number of rotatable bonds is 6. The van der Waals surface area contributed by atoms with Crippen molar-refractivity contribution in [2.45, 2.75) is 26.7 Å². The molecular weight excluding hydrogens is 382 g/mol. The molecule has 0 fully saturated rings. The molecule has 0 saturated heterocycles. The number of hydrogen-bond acceptors (Lipinski definition) is 7. The van der Waals surface area contributed by atoms with Gasteiger partial charge in [-0.05, 0) is 18.9 Å². The molecule has 3 aromatic rings. The molecule has 1 amide bonds. The van der Waals surface area contributed by atoms with E-state index in [1.807, 2.05) is 17.5 Å². The largest absolute Gasteiger partial charge is 0.465 e. The number of carbonyl (C=O) groups excluding carboxylic acids is 2. The van der Waals surface area contributed by atoms with Crippen LogP contribution in [0, 0.1) is 6.92 Å². The fourth-order valence-electron chi connectivity index (χ4n) is 2.46. The zero-order valence-corrected chi connectivity index (χ0v) is 16.9. The van der Waals surface area contributed by atoms with Gasteiger partial charge in [0.25, 0.3) is 0 Å². The van der Waals surface area contributed by atoms with Gasteiger partial charge in [0.15, 0.2) is 5.13 Å². The van der Waals surface area contributed by atoms with E-state index < -0.39 is 5.97 Å². The number of anilines is 1. The molecule has 0 radical (unpaired) electrons. The summed E-state index contributed by atoms with van der Waals surface area (Å²) < 4.78 is 4.70. The Morgan fingerprint density at radius 2 is 1.93 bits per heavy atom. The van der Waals surface area contributed by atoms with E-state index in [1.54, 1.807) is 6.92 Å². The summed E-state index contributed by atoms with van der Waals surface area (Å²) >= 11 is 2.61. The third-order valence-corrected chi connectivity index (χ3v) is 5.91. The maximum Gasteiger partial charge on any atom is 0.350 e. The first-order valence-corrected chi connectivity index (χ1v) is 10.1. The molecular formula is C19H19N3O3S2. The molecule has 0 aliphatic carbocycles. The number of nitrogens with zero attached hydrogens (tertiary/aromatic N) is 2. The normalized spacial score (nSPS) is 10.6. The van der Waals surface area contributed by atoms with Crippen molar-refractivity contribution < 1.29 is 14.3 Å². The molecule has 2 aromatic heterocycles. The molecule has 1 N–H and O–H groups in total. The van der Waals surface area contributed by atoms with Crippen molar-refractivity contribution in [2.75, 3.05) is 12.4 Å². The second-order valence-electron chi connectivity index (χ2n) is 5.84. The van der Waals surface area contributed by atoms with Gasteiger partial charge in [0.05, 0.1) is 24.9 Å². The SMILES string of the molecule is CCc1ccc(-c2nc(CC(=O)Nc3nc(C)c(C(=O)OC)s3)cs2)cc1. The third kappa shape index (κ3) is 4.58. The van der Waals surface area contributed by atoms with Crippen LogP contribution in [0.25, 0.3) is 10.6 Å². The van der Waals surface area contributed by atoms with Gasteiger partial charge in [-0.1, -0.05) is 42.5 Å². The second-order valence-corrected chi connectivity index (χ2v) is 7.70. The van der Waals surface area contributed by atoms with E-state index in [0.717, 1.165) is 28.3 Å². The zero-order chi connectivity index (χ0) is 19.4. The van der Waals surface area contributed by atoms with Crippen LogP contribution in [-0.4, -0.2) is 29.0 Å². The van der Waals surface area contributed by atoms with E-state index in [1.165, 1.54) is 24.0 Å². The van der Waals surface area contributed by atoms with E-state index >= 15 is 0 Å². The van der Waals surface area contributed by atoms with E-state index in [-0.39, 0.29) is 12.3 Å². The first-order valence-electron chi connectivity index (χ1n) is 8.39. The van der Waals surface area contributed by atoms with Gasteiger partial charge in [-0.25, -0.2) is 14.8 Å². The highest BCUT2D eigenvalue weighted by Crippen LogP contribution is 2.26. The van der Waals surface area contributed by atoms with Crippen molar-refractivity contribution in [1.82, 2.24) is 9.97 Å². The lowest BCUT2D eigenvalue weighted by molar-refractivity contribution is -0.115. The molecule has 0 aliphatic rings. The Kier molecular flexibility index (Phi) is 5.98. The Balaban J connectivity index is 1.65. The van der Waals surface area contributed by atoms with Crippen LogP contribution in [0.3, 0.4) is 0 Å². The molecule has 0 atom stereocenters. The van der Waals surface area contributed by atoms with Crippen molar-refractivity contribution in [3.8, 4) is 10.6 Å². The van der Waals surface area contributed by atoms with E-state index in [0.29, 0.717) is 21.4 Å². The number of amides is 1. The molecule has 0 spiro atoms. The minimum Gasteiger partial charge on any atom is -0.465 e. The van der Waals surface area contributed by atoms with Gasteiger partial charge in [0, 0.05) is 10.9 Å². The van der Waals surface area contributed by atoms with Gasteiger partial charge in [-0.2, -0.15) is 0 Å². The molecule has 8 heteroatoms. The number of hydrogen-bond donors (Lipinski definition) is 1. The highest BCUT2D eigenvalue weighted by atomic mass is 32.1. The Labute approximate surface area is 165 Å². The molecule has 0 unspecified atom stereocenters. The molecule has 1 aromatic carbocycles. The molecule has 3 rings (SSSR count). The zero-order valence-electron chi connectivity index (χ0n) is 15.2. The highest BCUT2D eigenvalue weighted by Gasteiger charge is 2.17. The Hall–Kier alpha value is -2.58. The molecule has 2 heterocycles. The molecule has 0 aliphatic heterocycles. The van der Waals surface area contributed by atoms with Crippen LogP contribution in [0.15, 0.2) is 29.6 Å². The van der Waals surface area contributed by atoms with Crippen LogP contribution in [0.2, 0.25) is 0 Å². The lowest BCUT2D eigenvalue weighted by atomic mass is 10.1. The Bertz CT molecular complexity index is 961. The first kappa shape index (κ1) is 19.2. The molecule has 27 heavy (non-hydrogen) atoms. The standard InChI is InChI=1S/C19H19N3O3S2/c1-4-12-5-7-13(8-6-12)17-21-14(10-26-17)9-15(23)22-19-20-11(2)16(27-19)18(24)25-3/h5-8,10H,4,9H2,1-3H3,(H,20,22,23). The summed E-state index contributed by atoms with van der Waals surface area (Å²) in [5, 5.41) is 5.87. The number of carbonyl (C=O) groups is 2. The number of benzene rings is 1. The van der Waals surface area contributed by atoms with Crippen LogP contribution in [0.1, 0.15) is 33.5 Å². The average molecular weight is 402 g/mol. The van der Waals surface area contributed by atoms with Crippen LogP contribution in [0.4, 0.5) is 5.13 Å². The lowest BCUT2D eigenvalue weighted by Crippen LogP contribution is -2.14. The Morgan fingerprint density at radius 3 is 2.59 bits per heavy atom.